The van der Waals surface area contributed by atoms with Crippen molar-refractivity contribution < 1.29 is 9.32 Å². The van der Waals surface area contributed by atoms with Crippen LogP contribution in [0.3, 0.4) is 0 Å². The lowest BCUT2D eigenvalue weighted by Crippen LogP contribution is -2.27. The summed E-state index contributed by atoms with van der Waals surface area (Å²) in [7, 11) is 1.99. The van der Waals surface area contributed by atoms with Crippen LogP contribution in [-0.4, -0.2) is 43.1 Å². The molecule has 122 valence electrons. The summed E-state index contributed by atoms with van der Waals surface area (Å²) in [6.45, 7) is 1.76. The van der Waals surface area contributed by atoms with E-state index in [0.29, 0.717) is 5.89 Å². The van der Waals surface area contributed by atoms with Crippen LogP contribution in [-0.2, 0) is 13.6 Å². The number of amides is 1. The molecule has 0 aromatic carbocycles. The Morgan fingerprint density at radius 1 is 1.43 bits per heavy atom. The van der Waals surface area contributed by atoms with Crippen LogP contribution in [0.15, 0.2) is 17.0 Å². The van der Waals surface area contributed by atoms with Crippen LogP contribution >= 0.6 is 0 Å². The first-order valence-corrected chi connectivity index (χ1v) is 8.04. The molecule has 8 nitrogen and oxygen atoms in total. The predicted octanol–water partition coefficient (Wildman–Crippen LogP) is 1.03. The largest absolute Gasteiger partial charge is 0.346 e. The van der Waals surface area contributed by atoms with E-state index in [1.165, 1.54) is 0 Å². The smallest absolute Gasteiger partial charge is 0.292 e. The fourth-order valence-electron chi connectivity index (χ4n) is 2.98. The molecule has 0 spiro atoms. The van der Waals surface area contributed by atoms with E-state index in [1.807, 2.05) is 17.8 Å². The summed E-state index contributed by atoms with van der Waals surface area (Å²) in [5.74, 6) is 0.434. The molecule has 1 N–H and O–H groups in total. The van der Waals surface area contributed by atoms with Crippen LogP contribution in [0, 0.1) is 0 Å². The van der Waals surface area contributed by atoms with Gasteiger partial charge in [0.25, 0.3) is 11.7 Å². The Labute approximate surface area is 133 Å². The summed E-state index contributed by atoms with van der Waals surface area (Å²) in [6.07, 6.45) is 7.79. The van der Waals surface area contributed by atoms with Crippen molar-refractivity contribution >= 4 is 5.91 Å². The van der Waals surface area contributed by atoms with Gasteiger partial charge in [-0.15, -0.1) is 0 Å². The zero-order valence-electron chi connectivity index (χ0n) is 13.1. The lowest BCUT2D eigenvalue weighted by atomic mass is 10.2. The number of carbonyl (C=O) groups excluding carboxylic acids is 1. The third kappa shape index (κ3) is 2.98. The molecule has 1 saturated heterocycles. The van der Waals surface area contributed by atoms with E-state index < -0.39 is 0 Å². The fourth-order valence-corrected chi connectivity index (χ4v) is 2.98. The second-order valence-electron chi connectivity index (χ2n) is 6.33. The summed E-state index contributed by atoms with van der Waals surface area (Å²) in [4.78, 5) is 22.8. The summed E-state index contributed by atoms with van der Waals surface area (Å²) in [5.41, 5.74) is 1.14. The minimum Gasteiger partial charge on any atom is -0.346 e. The number of aromatic nitrogens is 4. The highest BCUT2D eigenvalue weighted by Crippen LogP contribution is 2.32. The Kier molecular flexibility index (Phi) is 3.60. The molecule has 2 fully saturated rings. The van der Waals surface area contributed by atoms with Gasteiger partial charge in [-0.05, 0) is 32.2 Å². The van der Waals surface area contributed by atoms with Crippen LogP contribution < -0.4 is 5.32 Å². The molecule has 1 amide bonds. The summed E-state index contributed by atoms with van der Waals surface area (Å²) < 4.78 is 7.38. The van der Waals surface area contributed by atoms with Crippen LogP contribution in [0.2, 0.25) is 0 Å². The molecule has 1 saturated carbocycles. The Bertz CT molecular complexity index is 704. The Balaban J connectivity index is 1.46. The third-order valence-corrected chi connectivity index (χ3v) is 4.49. The van der Waals surface area contributed by atoms with E-state index >= 15 is 0 Å². The molecule has 1 unspecified atom stereocenters. The normalized spacial score (nSPS) is 21.7. The van der Waals surface area contributed by atoms with Gasteiger partial charge in [-0.25, -0.2) is 4.98 Å². The van der Waals surface area contributed by atoms with Gasteiger partial charge in [0.2, 0.25) is 5.89 Å². The highest BCUT2D eigenvalue weighted by molar-refractivity contribution is 5.90. The first-order valence-electron chi connectivity index (χ1n) is 8.04. The number of nitrogens with one attached hydrogen (secondary N) is 1. The maximum Gasteiger partial charge on any atom is 0.292 e. The number of nitrogens with zero attached hydrogens (tertiary/aromatic N) is 5. The molecule has 1 aliphatic heterocycles. The monoisotopic (exact) mass is 316 g/mol. The van der Waals surface area contributed by atoms with Gasteiger partial charge in [-0.1, -0.05) is 5.16 Å². The van der Waals surface area contributed by atoms with Gasteiger partial charge < -0.3 is 14.4 Å². The average molecular weight is 316 g/mol. The summed E-state index contributed by atoms with van der Waals surface area (Å²) in [5, 5.41) is 6.73. The van der Waals surface area contributed by atoms with Crippen molar-refractivity contribution in [3.63, 3.8) is 0 Å². The number of rotatable bonds is 5. The molecule has 4 rings (SSSR count). The van der Waals surface area contributed by atoms with Crippen molar-refractivity contribution in [3.05, 3.63) is 29.9 Å². The van der Waals surface area contributed by atoms with Crippen LogP contribution in [0.4, 0.5) is 0 Å². The maximum atomic E-state index is 12.0. The average Bonchev–Trinajstić information content (AvgIpc) is 2.96. The van der Waals surface area contributed by atoms with Crippen molar-refractivity contribution in [3.8, 4) is 0 Å². The molecule has 1 atom stereocenters. The van der Waals surface area contributed by atoms with Crippen LogP contribution in [0.5, 0.6) is 0 Å². The number of hydrogen-bond donors (Lipinski definition) is 1. The molecular formula is C15H20N6O2. The topological polar surface area (TPSA) is 89.1 Å². The molecule has 3 heterocycles. The molecule has 2 aliphatic rings. The molecule has 8 heteroatoms. The molecule has 2 aromatic rings. The van der Waals surface area contributed by atoms with E-state index in [9.17, 15) is 4.79 Å². The van der Waals surface area contributed by atoms with Crippen molar-refractivity contribution in [1.82, 2.24) is 29.9 Å². The van der Waals surface area contributed by atoms with Gasteiger partial charge in [-0.3, -0.25) is 9.69 Å². The zero-order valence-corrected chi connectivity index (χ0v) is 13.1. The highest BCUT2D eigenvalue weighted by atomic mass is 16.5. The van der Waals surface area contributed by atoms with E-state index in [-0.39, 0.29) is 23.8 Å². The molecular weight excluding hydrogens is 296 g/mol. The number of imidazole rings is 1. The van der Waals surface area contributed by atoms with Gasteiger partial charge in [0.05, 0.1) is 18.1 Å². The van der Waals surface area contributed by atoms with Gasteiger partial charge >= 0.3 is 0 Å². The molecule has 2 aromatic heterocycles. The Hall–Kier alpha value is -2.22. The van der Waals surface area contributed by atoms with E-state index in [0.717, 1.165) is 44.5 Å². The summed E-state index contributed by atoms with van der Waals surface area (Å²) in [6, 6.07) is 0.358. The van der Waals surface area contributed by atoms with Crippen molar-refractivity contribution in [2.45, 2.75) is 44.3 Å². The van der Waals surface area contributed by atoms with Gasteiger partial charge in [0.15, 0.2) is 0 Å². The Morgan fingerprint density at radius 2 is 2.30 bits per heavy atom. The van der Waals surface area contributed by atoms with Crippen molar-refractivity contribution in [2.75, 3.05) is 6.54 Å². The zero-order chi connectivity index (χ0) is 15.8. The molecule has 1 aliphatic carbocycles. The van der Waals surface area contributed by atoms with E-state index in [2.05, 4.69) is 25.3 Å². The van der Waals surface area contributed by atoms with E-state index in [4.69, 9.17) is 4.52 Å². The predicted molar refractivity (Wildman–Crippen MR) is 80.4 cm³/mol. The standard InChI is InChI=1S/C15H20N6O2/c1-20-9-16-7-11(20)8-21-6-2-3-12(21)15-18-13(19-23-15)14(22)17-10-4-5-10/h7,9-10,12H,2-6,8H2,1H3,(H,17,22). The second kappa shape index (κ2) is 5.77. The third-order valence-electron chi connectivity index (χ3n) is 4.49. The Morgan fingerprint density at radius 3 is 3.04 bits per heavy atom. The highest BCUT2D eigenvalue weighted by Gasteiger charge is 2.32. The van der Waals surface area contributed by atoms with Gasteiger partial charge in [0.1, 0.15) is 0 Å². The minimum atomic E-state index is -0.237. The van der Waals surface area contributed by atoms with Crippen LogP contribution in [0.1, 0.15) is 53.9 Å². The number of aryl methyl sites for hydroxylation is 1. The summed E-state index contributed by atoms with van der Waals surface area (Å²) >= 11 is 0. The fraction of sp³-hybridized carbons (Fsp3) is 0.600. The lowest BCUT2D eigenvalue weighted by Gasteiger charge is -2.21. The van der Waals surface area contributed by atoms with Crippen molar-refractivity contribution in [1.29, 1.82) is 0 Å². The first kappa shape index (κ1) is 14.4. The quantitative estimate of drug-likeness (QED) is 0.886. The lowest BCUT2D eigenvalue weighted by molar-refractivity contribution is 0.0937. The van der Waals surface area contributed by atoms with Gasteiger partial charge in [-0.2, -0.15) is 4.98 Å². The first-order chi connectivity index (χ1) is 11.2. The number of hydrogen-bond acceptors (Lipinski definition) is 6. The van der Waals surface area contributed by atoms with Crippen molar-refractivity contribution in [2.24, 2.45) is 7.05 Å². The van der Waals surface area contributed by atoms with Gasteiger partial charge in [0, 0.05) is 25.8 Å². The molecule has 0 radical (unpaired) electrons. The second-order valence-corrected chi connectivity index (χ2v) is 6.33. The van der Waals surface area contributed by atoms with Crippen LogP contribution in [0.25, 0.3) is 0 Å². The SMILES string of the molecule is Cn1cncc1CN1CCCC1c1nc(C(=O)NC2CC2)no1. The molecule has 0 bridgehead atoms. The maximum absolute atomic E-state index is 12.0. The van der Waals surface area contributed by atoms with E-state index in [1.54, 1.807) is 6.33 Å². The number of likely N-dealkylation sites (tertiary alicyclic amines) is 1. The number of carbonyl (C=O) groups is 1. The molecule has 23 heavy (non-hydrogen) atoms. The minimum absolute atomic E-state index is 0.0693.